The summed E-state index contributed by atoms with van der Waals surface area (Å²) in [6.45, 7) is 5.07. The van der Waals surface area contributed by atoms with Gasteiger partial charge in [0, 0.05) is 6.08 Å². The number of allylic oxidation sites excluding steroid dienone is 1. The molecule has 0 rings (SSSR count). The molecule has 0 aromatic carbocycles. The van der Waals surface area contributed by atoms with Crippen molar-refractivity contribution in [2.75, 3.05) is 34.3 Å². The Labute approximate surface area is 80.6 Å². The third kappa shape index (κ3) is 9.08. The second-order valence-corrected chi connectivity index (χ2v) is 4.40. The Balaban J connectivity index is 3.67. The van der Waals surface area contributed by atoms with E-state index in [-0.39, 0.29) is 5.97 Å². The largest absolute Gasteiger partial charge is 0.457 e. The summed E-state index contributed by atoms with van der Waals surface area (Å²) < 4.78 is 5.81. The van der Waals surface area contributed by atoms with Crippen LogP contribution in [0.25, 0.3) is 0 Å². The summed E-state index contributed by atoms with van der Waals surface area (Å²) in [4.78, 5) is 11.0. The lowest BCUT2D eigenvalue weighted by atomic mass is 10.3. The van der Waals surface area contributed by atoms with E-state index < -0.39 is 0 Å². The first-order valence-corrected chi connectivity index (χ1v) is 4.43. The topological polar surface area (TPSA) is 26.3 Å². The summed E-state index contributed by atoms with van der Waals surface area (Å²) in [6, 6.07) is 0. The molecule has 0 unspecified atom stereocenters. The molecule has 0 atom stereocenters. The van der Waals surface area contributed by atoms with Crippen LogP contribution in [0.4, 0.5) is 0 Å². The van der Waals surface area contributed by atoms with Gasteiger partial charge >= 0.3 is 5.97 Å². The lowest BCUT2D eigenvalue weighted by Crippen LogP contribution is -2.37. The van der Waals surface area contributed by atoms with Gasteiger partial charge < -0.3 is 9.22 Å². The van der Waals surface area contributed by atoms with Gasteiger partial charge in [0.1, 0.15) is 13.2 Å². The van der Waals surface area contributed by atoms with E-state index in [0.29, 0.717) is 6.61 Å². The van der Waals surface area contributed by atoms with E-state index in [2.05, 4.69) is 21.1 Å². The van der Waals surface area contributed by atoms with Gasteiger partial charge in [0.15, 0.2) is 0 Å². The fourth-order valence-corrected chi connectivity index (χ4v) is 0.697. The Kier molecular flexibility index (Phi) is 4.70. The van der Waals surface area contributed by atoms with Crippen LogP contribution in [0.2, 0.25) is 0 Å². The number of hydrogen-bond donors (Lipinski definition) is 0. The third-order valence-corrected chi connectivity index (χ3v) is 1.41. The van der Waals surface area contributed by atoms with E-state index in [1.807, 2.05) is 13.8 Å². The highest BCUT2D eigenvalue weighted by Gasteiger charge is 2.07. The summed E-state index contributed by atoms with van der Waals surface area (Å²) in [7, 11) is 6.19. The molecule has 13 heavy (non-hydrogen) atoms. The van der Waals surface area contributed by atoms with Crippen molar-refractivity contribution in [1.82, 2.24) is 0 Å². The molecule has 0 bridgehead atoms. The van der Waals surface area contributed by atoms with E-state index in [9.17, 15) is 4.79 Å². The molecule has 3 nitrogen and oxygen atoms in total. The zero-order chi connectivity index (χ0) is 10.5. The van der Waals surface area contributed by atoms with Crippen molar-refractivity contribution in [3.8, 4) is 0 Å². The highest BCUT2D eigenvalue weighted by Crippen LogP contribution is 1.93. The second kappa shape index (κ2) is 5.02. The van der Waals surface area contributed by atoms with Gasteiger partial charge in [-0.1, -0.05) is 5.57 Å². The Hall–Kier alpha value is -0.830. The Bertz CT molecular complexity index is 197. The Morgan fingerprint density at radius 2 is 1.85 bits per heavy atom. The average Bonchev–Trinajstić information content (AvgIpc) is 1.81. The second-order valence-electron chi connectivity index (χ2n) is 4.40. The highest BCUT2D eigenvalue weighted by molar-refractivity contribution is 5.82. The lowest BCUT2D eigenvalue weighted by molar-refractivity contribution is -0.870. The van der Waals surface area contributed by atoms with Crippen LogP contribution in [-0.4, -0.2) is 44.7 Å². The summed E-state index contributed by atoms with van der Waals surface area (Å²) in [5.74, 6) is -0.242. The predicted octanol–water partition coefficient (Wildman–Crippen LogP) is 1.20. The molecule has 0 N–H and O–H groups in total. The first-order valence-electron chi connectivity index (χ1n) is 4.43. The van der Waals surface area contributed by atoms with Crippen LogP contribution < -0.4 is 0 Å². The summed E-state index contributed by atoms with van der Waals surface area (Å²) in [5, 5.41) is 0. The van der Waals surface area contributed by atoms with Crippen LogP contribution in [0, 0.1) is 0 Å². The fraction of sp³-hybridized carbons (Fsp3) is 0.700. The van der Waals surface area contributed by atoms with E-state index in [1.54, 1.807) is 0 Å². The van der Waals surface area contributed by atoms with Gasteiger partial charge in [0.2, 0.25) is 0 Å². The molecule has 0 aliphatic rings. The van der Waals surface area contributed by atoms with Crippen LogP contribution in [0.3, 0.4) is 0 Å². The van der Waals surface area contributed by atoms with Gasteiger partial charge in [0.05, 0.1) is 21.1 Å². The number of carbonyl (C=O) groups is 1. The van der Waals surface area contributed by atoms with Gasteiger partial charge in [-0.05, 0) is 13.8 Å². The minimum atomic E-state index is -0.242. The molecule has 0 fully saturated rings. The minimum absolute atomic E-state index is 0.242. The molecule has 0 aromatic rings. The number of nitrogens with zero attached hydrogens (tertiary/aromatic N) is 1. The number of hydrogen-bond acceptors (Lipinski definition) is 2. The molecule has 0 saturated heterocycles. The van der Waals surface area contributed by atoms with Gasteiger partial charge in [-0.2, -0.15) is 0 Å². The molecule has 0 aliphatic carbocycles. The lowest BCUT2D eigenvalue weighted by Gasteiger charge is -2.23. The first-order chi connectivity index (χ1) is 5.81. The van der Waals surface area contributed by atoms with Gasteiger partial charge in [-0.3, -0.25) is 0 Å². The molecule has 0 radical (unpaired) electrons. The molecule has 0 aliphatic heterocycles. The maximum absolute atomic E-state index is 11.0. The maximum Gasteiger partial charge on any atom is 0.330 e. The molecular formula is C10H20NO2+. The van der Waals surface area contributed by atoms with Crippen molar-refractivity contribution in [3.05, 3.63) is 11.6 Å². The molecule has 0 heterocycles. The minimum Gasteiger partial charge on any atom is -0.457 e. The van der Waals surface area contributed by atoms with Crippen molar-refractivity contribution in [1.29, 1.82) is 0 Å². The van der Waals surface area contributed by atoms with E-state index in [0.717, 1.165) is 16.6 Å². The molecule has 3 heteroatoms. The van der Waals surface area contributed by atoms with Crippen LogP contribution in [0.1, 0.15) is 13.8 Å². The first kappa shape index (κ1) is 12.2. The number of quaternary nitrogens is 1. The maximum atomic E-state index is 11.0. The molecule has 0 aromatic heterocycles. The van der Waals surface area contributed by atoms with Crippen molar-refractivity contribution in [3.63, 3.8) is 0 Å². The smallest absolute Gasteiger partial charge is 0.330 e. The zero-order valence-corrected chi connectivity index (χ0v) is 9.26. The molecular weight excluding hydrogens is 166 g/mol. The number of ether oxygens (including phenoxy) is 1. The number of rotatable bonds is 4. The van der Waals surface area contributed by atoms with Gasteiger partial charge in [0.25, 0.3) is 0 Å². The highest BCUT2D eigenvalue weighted by atomic mass is 16.5. The standard InChI is InChI=1S/C10H20NO2/c1-9(2)8-10(12)13-7-6-11(3,4)5/h8H,6-7H2,1-5H3/q+1. The molecule has 0 spiro atoms. The Morgan fingerprint density at radius 1 is 1.31 bits per heavy atom. The summed E-state index contributed by atoms with van der Waals surface area (Å²) >= 11 is 0. The number of likely N-dealkylation sites (N-methyl/N-ethyl adjacent to an activating group) is 1. The average molecular weight is 186 g/mol. The zero-order valence-electron chi connectivity index (χ0n) is 9.26. The summed E-state index contributed by atoms with van der Waals surface area (Å²) in [5.41, 5.74) is 0.968. The van der Waals surface area contributed by atoms with Crippen molar-refractivity contribution in [2.45, 2.75) is 13.8 Å². The van der Waals surface area contributed by atoms with E-state index in [4.69, 9.17) is 4.74 Å². The molecule has 0 amide bonds. The predicted molar refractivity (Wildman–Crippen MR) is 53.3 cm³/mol. The third-order valence-electron chi connectivity index (χ3n) is 1.41. The van der Waals surface area contributed by atoms with Crippen molar-refractivity contribution >= 4 is 5.97 Å². The SMILES string of the molecule is CC(C)=CC(=O)OCC[N+](C)(C)C. The van der Waals surface area contributed by atoms with E-state index >= 15 is 0 Å². The fourth-order valence-electron chi connectivity index (χ4n) is 0.697. The molecule has 76 valence electrons. The monoisotopic (exact) mass is 186 g/mol. The Morgan fingerprint density at radius 3 is 2.23 bits per heavy atom. The van der Waals surface area contributed by atoms with Crippen molar-refractivity contribution < 1.29 is 14.0 Å². The quantitative estimate of drug-likeness (QED) is 0.374. The number of esters is 1. The molecule has 0 saturated carbocycles. The van der Waals surface area contributed by atoms with Crippen molar-refractivity contribution in [2.24, 2.45) is 0 Å². The van der Waals surface area contributed by atoms with Crippen LogP contribution in [0.5, 0.6) is 0 Å². The van der Waals surface area contributed by atoms with Gasteiger partial charge in [-0.15, -0.1) is 0 Å². The van der Waals surface area contributed by atoms with Crippen LogP contribution >= 0.6 is 0 Å². The van der Waals surface area contributed by atoms with Crippen LogP contribution in [-0.2, 0) is 9.53 Å². The van der Waals surface area contributed by atoms with Crippen LogP contribution in [0.15, 0.2) is 11.6 Å². The van der Waals surface area contributed by atoms with Gasteiger partial charge in [-0.25, -0.2) is 4.79 Å². The number of carbonyl (C=O) groups excluding carboxylic acids is 1. The summed E-state index contributed by atoms with van der Waals surface area (Å²) in [6.07, 6.45) is 1.51. The van der Waals surface area contributed by atoms with E-state index in [1.165, 1.54) is 6.08 Å². The normalized spacial score (nSPS) is 10.8.